The summed E-state index contributed by atoms with van der Waals surface area (Å²) < 4.78 is 5.74. The Balaban J connectivity index is 1.58. The molecule has 1 aromatic rings. The zero-order valence-electron chi connectivity index (χ0n) is 11.6. The topological polar surface area (TPSA) is 88.1 Å². The smallest absolute Gasteiger partial charge is 0.359 e. The van der Waals surface area contributed by atoms with Crippen LogP contribution < -0.4 is 4.74 Å². The number of ether oxygens (including phenoxy) is 1. The Morgan fingerprint density at radius 2 is 1.90 bits per heavy atom. The van der Waals surface area contributed by atoms with E-state index in [4.69, 9.17) is 9.84 Å². The number of carboxylic acid groups (broad SMARTS) is 1. The van der Waals surface area contributed by atoms with E-state index in [0.717, 1.165) is 12.8 Å². The molecule has 2 aliphatic carbocycles. The van der Waals surface area contributed by atoms with E-state index in [1.54, 1.807) is 0 Å². The normalized spacial score (nSPS) is 22.8. The number of nitrogens with zero attached hydrogens (tertiary/aromatic N) is 2. The van der Waals surface area contributed by atoms with Crippen LogP contribution in [0.1, 0.15) is 68.3 Å². The molecule has 0 saturated heterocycles. The first-order valence-electron chi connectivity index (χ1n) is 7.50. The van der Waals surface area contributed by atoms with Crippen molar-refractivity contribution in [2.24, 2.45) is 5.41 Å². The summed E-state index contributed by atoms with van der Waals surface area (Å²) in [4.78, 5) is 11.0. The maximum Gasteiger partial charge on any atom is 0.359 e. The van der Waals surface area contributed by atoms with Gasteiger partial charge < -0.3 is 9.84 Å². The van der Waals surface area contributed by atoms with E-state index in [0.29, 0.717) is 5.41 Å². The summed E-state index contributed by atoms with van der Waals surface area (Å²) in [6, 6.07) is 0. The minimum atomic E-state index is -1.08. The lowest BCUT2D eigenvalue weighted by atomic mass is 9.65. The maximum atomic E-state index is 11.0. The van der Waals surface area contributed by atoms with Crippen molar-refractivity contribution in [3.63, 3.8) is 0 Å². The van der Waals surface area contributed by atoms with Crippen molar-refractivity contribution < 1.29 is 14.6 Å². The Kier molecular flexibility index (Phi) is 3.63. The Bertz CT molecular complexity index is 470. The third-order valence-corrected chi connectivity index (χ3v) is 4.92. The van der Waals surface area contributed by atoms with E-state index in [9.17, 15) is 4.79 Å². The second-order valence-electron chi connectivity index (χ2n) is 6.17. The monoisotopic (exact) mass is 279 g/mol. The molecular weight excluding hydrogens is 258 g/mol. The van der Waals surface area contributed by atoms with Gasteiger partial charge in [0.2, 0.25) is 5.69 Å². The van der Waals surface area contributed by atoms with E-state index < -0.39 is 5.97 Å². The molecule has 6 nitrogen and oxygen atoms in total. The Labute approximate surface area is 117 Å². The average molecular weight is 279 g/mol. The van der Waals surface area contributed by atoms with Crippen molar-refractivity contribution in [3.8, 4) is 5.88 Å². The van der Waals surface area contributed by atoms with Gasteiger partial charge in [0.1, 0.15) is 6.10 Å². The summed E-state index contributed by atoms with van der Waals surface area (Å²) in [7, 11) is 0. The van der Waals surface area contributed by atoms with Crippen LogP contribution in [-0.2, 0) is 0 Å². The standard InChI is InChI=1S/C14H21N3O3/c18-13(19)11-12(16-17-15-11)20-10-4-8-14(9-5-10)6-2-1-3-7-14/h10H,1-9H2,(H,18,19)(H,15,16,17). The number of hydrogen-bond donors (Lipinski definition) is 2. The van der Waals surface area contributed by atoms with E-state index in [-0.39, 0.29) is 17.7 Å². The molecule has 0 aliphatic heterocycles. The van der Waals surface area contributed by atoms with Gasteiger partial charge in [0, 0.05) is 0 Å². The summed E-state index contributed by atoms with van der Waals surface area (Å²) in [5.74, 6) is -0.952. The van der Waals surface area contributed by atoms with Crippen molar-refractivity contribution in [3.05, 3.63) is 5.69 Å². The van der Waals surface area contributed by atoms with Gasteiger partial charge >= 0.3 is 5.97 Å². The Morgan fingerprint density at radius 1 is 1.20 bits per heavy atom. The number of carbonyl (C=O) groups is 1. The van der Waals surface area contributed by atoms with Gasteiger partial charge in [-0.15, -0.1) is 0 Å². The number of hydrogen-bond acceptors (Lipinski definition) is 4. The number of H-pyrrole nitrogens is 1. The van der Waals surface area contributed by atoms with Gasteiger partial charge in [-0.25, -0.2) is 9.89 Å². The number of rotatable bonds is 3. The lowest BCUT2D eigenvalue weighted by molar-refractivity contribution is 0.0480. The molecule has 1 aromatic heterocycles. The van der Waals surface area contributed by atoms with Crippen LogP contribution in [0.3, 0.4) is 0 Å². The van der Waals surface area contributed by atoms with E-state index in [1.165, 1.54) is 44.9 Å². The van der Waals surface area contributed by atoms with Gasteiger partial charge in [0.15, 0.2) is 0 Å². The molecule has 0 amide bonds. The summed E-state index contributed by atoms with van der Waals surface area (Å²) in [6.45, 7) is 0. The molecule has 2 saturated carbocycles. The third-order valence-electron chi connectivity index (χ3n) is 4.92. The van der Waals surface area contributed by atoms with Gasteiger partial charge in [-0.3, -0.25) is 0 Å². The zero-order valence-corrected chi connectivity index (χ0v) is 11.6. The fraction of sp³-hybridized carbons (Fsp3) is 0.786. The van der Waals surface area contributed by atoms with Crippen molar-refractivity contribution in [1.29, 1.82) is 0 Å². The van der Waals surface area contributed by atoms with Crippen LogP contribution in [-0.4, -0.2) is 32.6 Å². The van der Waals surface area contributed by atoms with Gasteiger partial charge in [-0.05, 0) is 43.9 Å². The molecular formula is C14H21N3O3. The minimum absolute atomic E-state index is 0.0528. The molecule has 0 bridgehead atoms. The molecule has 0 radical (unpaired) electrons. The quantitative estimate of drug-likeness (QED) is 0.888. The molecule has 20 heavy (non-hydrogen) atoms. The summed E-state index contributed by atoms with van der Waals surface area (Å²) in [5.41, 5.74) is 0.486. The molecule has 0 aromatic carbocycles. The van der Waals surface area contributed by atoms with E-state index in [1.807, 2.05) is 0 Å². The molecule has 1 heterocycles. The van der Waals surface area contributed by atoms with Crippen LogP contribution in [0.25, 0.3) is 0 Å². The average Bonchev–Trinajstić information content (AvgIpc) is 2.91. The number of carboxylic acids is 1. The number of aromatic nitrogens is 3. The van der Waals surface area contributed by atoms with E-state index >= 15 is 0 Å². The van der Waals surface area contributed by atoms with Gasteiger partial charge in [0.25, 0.3) is 5.88 Å². The highest BCUT2D eigenvalue weighted by molar-refractivity contribution is 5.87. The first-order chi connectivity index (χ1) is 9.69. The molecule has 6 heteroatoms. The van der Waals surface area contributed by atoms with Crippen LogP contribution in [0.4, 0.5) is 0 Å². The predicted molar refractivity (Wildman–Crippen MR) is 71.7 cm³/mol. The van der Waals surface area contributed by atoms with Gasteiger partial charge in [0.05, 0.1) is 0 Å². The van der Waals surface area contributed by atoms with Crippen molar-refractivity contribution in [2.75, 3.05) is 0 Å². The molecule has 0 unspecified atom stereocenters. The number of nitrogens with one attached hydrogen (secondary N) is 1. The summed E-state index contributed by atoms with van der Waals surface area (Å²) in [5, 5.41) is 18.6. The van der Waals surface area contributed by atoms with Crippen LogP contribution in [0.15, 0.2) is 0 Å². The largest absolute Gasteiger partial charge is 0.476 e. The molecule has 3 rings (SSSR count). The highest BCUT2D eigenvalue weighted by Gasteiger charge is 2.37. The molecule has 1 spiro atoms. The molecule has 2 N–H and O–H groups in total. The fourth-order valence-electron chi connectivity index (χ4n) is 3.72. The first kappa shape index (κ1) is 13.4. The lowest BCUT2D eigenvalue weighted by Gasteiger charge is -2.42. The van der Waals surface area contributed by atoms with Crippen molar-refractivity contribution in [2.45, 2.75) is 63.9 Å². The minimum Gasteiger partial charge on any atom is -0.476 e. The Hall–Kier alpha value is -1.59. The SMILES string of the molecule is O=C(O)c1[nH]nnc1OC1CCC2(CCCCC2)CC1. The number of aromatic carboxylic acids is 1. The van der Waals surface area contributed by atoms with Crippen LogP contribution in [0.2, 0.25) is 0 Å². The summed E-state index contributed by atoms with van der Waals surface area (Å²) >= 11 is 0. The maximum absolute atomic E-state index is 11.0. The van der Waals surface area contributed by atoms with Crippen LogP contribution >= 0.6 is 0 Å². The van der Waals surface area contributed by atoms with Crippen molar-refractivity contribution >= 4 is 5.97 Å². The van der Waals surface area contributed by atoms with Crippen LogP contribution in [0.5, 0.6) is 5.88 Å². The second kappa shape index (κ2) is 5.42. The third kappa shape index (κ3) is 2.64. The van der Waals surface area contributed by atoms with Crippen LogP contribution in [0, 0.1) is 5.41 Å². The Morgan fingerprint density at radius 3 is 2.55 bits per heavy atom. The molecule has 0 atom stereocenters. The highest BCUT2D eigenvalue weighted by Crippen LogP contribution is 2.47. The zero-order chi connectivity index (χ0) is 14.0. The van der Waals surface area contributed by atoms with E-state index in [2.05, 4.69) is 15.4 Å². The molecule has 2 fully saturated rings. The number of aromatic amines is 1. The predicted octanol–water partition coefficient (Wildman–Crippen LogP) is 2.77. The van der Waals surface area contributed by atoms with Crippen molar-refractivity contribution in [1.82, 2.24) is 15.4 Å². The molecule has 110 valence electrons. The van der Waals surface area contributed by atoms with Gasteiger partial charge in [-0.2, -0.15) is 0 Å². The second-order valence-corrected chi connectivity index (χ2v) is 6.17. The fourth-order valence-corrected chi connectivity index (χ4v) is 3.72. The highest BCUT2D eigenvalue weighted by atomic mass is 16.5. The first-order valence-corrected chi connectivity index (χ1v) is 7.50. The molecule has 2 aliphatic rings. The summed E-state index contributed by atoms with van der Waals surface area (Å²) in [6.07, 6.45) is 11.2. The van der Waals surface area contributed by atoms with Gasteiger partial charge in [-0.1, -0.05) is 29.6 Å². The lowest BCUT2D eigenvalue weighted by Crippen LogP contribution is -2.34.